The molecule has 0 saturated heterocycles. The monoisotopic (exact) mass is 846 g/mol. The van der Waals surface area contributed by atoms with Crippen LogP contribution in [-0.2, 0) is 14.3 Å². The van der Waals surface area contributed by atoms with Crippen molar-refractivity contribution >= 4 is 11.9 Å². The lowest BCUT2D eigenvalue weighted by atomic mass is 10.0. The quantitative estimate of drug-likeness (QED) is 0.0246. The van der Waals surface area contributed by atoms with Crippen LogP contribution < -0.4 is 5.32 Å². The summed E-state index contributed by atoms with van der Waals surface area (Å²) in [6.45, 7) is 6.18. The Morgan fingerprint density at radius 1 is 0.508 bits per heavy atom. The summed E-state index contributed by atoms with van der Waals surface area (Å²) in [5, 5.41) is 23.7. The molecule has 3 unspecified atom stereocenters. The van der Waals surface area contributed by atoms with Gasteiger partial charge in [-0.2, -0.15) is 0 Å². The molecule has 3 N–H and O–H groups in total. The van der Waals surface area contributed by atoms with Crippen LogP contribution in [0.15, 0.2) is 109 Å². The Labute approximate surface area is 375 Å². The van der Waals surface area contributed by atoms with Crippen molar-refractivity contribution in [3.05, 3.63) is 109 Å². The minimum atomic E-state index is -0.812. The summed E-state index contributed by atoms with van der Waals surface area (Å²) in [4.78, 5) is 26.1. The number of amides is 1. The largest absolute Gasteiger partial charge is 0.462 e. The lowest BCUT2D eigenvalue weighted by Crippen LogP contribution is -2.46. The first kappa shape index (κ1) is 57.5. The number of esters is 1. The Kier molecular flexibility index (Phi) is 44.9. The summed E-state index contributed by atoms with van der Waals surface area (Å²) >= 11 is 0. The van der Waals surface area contributed by atoms with Gasteiger partial charge < -0.3 is 20.3 Å². The van der Waals surface area contributed by atoms with E-state index in [0.717, 1.165) is 109 Å². The van der Waals surface area contributed by atoms with Crippen LogP contribution in [0.1, 0.15) is 201 Å². The van der Waals surface area contributed by atoms with Crippen molar-refractivity contribution in [2.75, 3.05) is 6.61 Å². The maximum Gasteiger partial charge on any atom is 0.306 e. The zero-order valence-electron chi connectivity index (χ0n) is 39.2. The molecular formula is C55H91NO5. The molecule has 61 heavy (non-hydrogen) atoms. The fourth-order valence-electron chi connectivity index (χ4n) is 6.77. The number of aliphatic hydroxyl groups is 2. The Balaban J connectivity index is 4.79. The maximum absolute atomic E-state index is 13.2. The minimum Gasteiger partial charge on any atom is -0.462 e. The van der Waals surface area contributed by atoms with Gasteiger partial charge in [0.05, 0.1) is 25.2 Å². The van der Waals surface area contributed by atoms with Crippen molar-refractivity contribution in [2.24, 2.45) is 0 Å². The molecule has 346 valence electrons. The number of hydrogen-bond donors (Lipinski definition) is 3. The lowest BCUT2D eigenvalue weighted by molar-refractivity contribution is -0.151. The van der Waals surface area contributed by atoms with Gasteiger partial charge in [0.25, 0.3) is 0 Å². The van der Waals surface area contributed by atoms with Crippen molar-refractivity contribution in [1.82, 2.24) is 5.32 Å². The second-order valence-corrected chi connectivity index (χ2v) is 16.2. The van der Waals surface area contributed by atoms with E-state index in [4.69, 9.17) is 4.74 Å². The molecule has 6 nitrogen and oxygen atoms in total. The third kappa shape index (κ3) is 43.0. The molecule has 0 aromatic rings. The third-order valence-electron chi connectivity index (χ3n) is 10.4. The number of aliphatic hydroxyl groups excluding tert-OH is 2. The molecule has 0 aliphatic carbocycles. The zero-order valence-corrected chi connectivity index (χ0v) is 39.2. The molecule has 0 bridgehead atoms. The predicted molar refractivity (Wildman–Crippen MR) is 263 cm³/mol. The average molecular weight is 846 g/mol. The van der Waals surface area contributed by atoms with Crippen molar-refractivity contribution in [3.63, 3.8) is 0 Å². The molecule has 0 aromatic heterocycles. The zero-order chi connectivity index (χ0) is 44.5. The highest BCUT2D eigenvalue weighted by molar-refractivity contribution is 5.77. The first-order chi connectivity index (χ1) is 30.0. The van der Waals surface area contributed by atoms with Gasteiger partial charge in [-0.05, 0) is 83.5 Å². The van der Waals surface area contributed by atoms with Gasteiger partial charge in [0.15, 0.2) is 0 Å². The minimum absolute atomic E-state index is 0.0216. The molecule has 0 saturated carbocycles. The lowest BCUT2D eigenvalue weighted by Gasteiger charge is -2.24. The highest BCUT2D eigenvalue weighted by atomic mass is 16.5. The van der Waals surface area contributed by atoms with E-state index >= 15 is 0 Å². The number of ether oxygens (including phenoxy) is 1. The molecule has 0 radical (unpaired) electrons. The number of nitrogens with one attached hydrogen (secondary N) is 1. The predicted octanol–water partition coefficient (Wildman–Crippen LogP) is 14.7. The van der Waals surface area contributed by atoms with Gasteiger partial charge in [-0.15, -0.1) is 0 Å². The van der Waals surface area contributed by atoms with Gasteiger partial charge in [-0.25, -0.2) is 0 Å². The normalized spacial score (nSPS) is 14.2. The number of hydrogen-bond acceptors (Lipinski definition) is 5. The van der Waals surface area contributed by atoms with E-state index in [9.17, 15) is 19.8 Å². The first-order valence-electron chi connectivity index (χ1n) is 24.7. The van der Waals surface area contributed by atoms with Gasteiger partial charge in [-0.1, -0.05) is 214 Å². The summed E-state index contributed by atoms with van der Waals surface area (Å²) in [5.41, 5.74) is 0. The highest BCUT2D eigenvalue weighted by Gasteiger charge is 2.24. The Morgan fingerprint density at radius 2 is 0.984 bits per heavy atom. The molecule has 0 spiro atoms. The Hall–Kier alpha value is -3.48. The Bertz CT molecular complexity index is 1270. The molecule has 0 aromatic carbocycles. The maximum atomic E-state index is 13.2. The molecule has 3 atom stereocenters. The van der Waals surface area contributed by atoms with E-state index in [2.05, 4.69) is 117 Å². The third-order valence-corrected chi connectivity index (χ3v) is 10.4. The van der Waals surface area contributed by atoms with Crippen LogP contribution in [-0.4, -0.2) is 46.9 Å². The van der Waals surface area contributed by atoms with E-state index in [1.54, 1.807) is 0 Å². The molecule has 6 heteroatoms. The van der Waals surface area contributed by atoms with Crippen LogP contribution in [0.4, 0.5) is 0 Å². The Morgan fingerprint density at radius 3 is 1.56 bits per heavy atom. The van der Waals surface area contributed by atoms with Gasteiger partial charge in [-0.3, -0.25) is 9.59 Å². The van der Waals surface area contributed by atoms with Crippen LogP contribution >= 0.6 is 0 Å². The number of carbonyl (C=O) groups excluding carboxylic acids is 2. The molecule has 0 rings (SSSR count). The second kappa shape index (κ2) is 47.6. The average Bonchev–Trinajstić information content (AvgIpc) is 3.25. The summed E-state index contributed by atoms with van der Waals surface area (Å²) in [5.74, 6) is -0.569. The van der Waals surface area contributed by atoms with E-state index in [-0.39, 0.29) is 24.9 Å². The number of unbranched alkanes of at least 4 members (excludes halogenated alkanes) is 15. The molecule has 0 fully saturated rings. The summed E-state index contributed by atoms with van der Waals surface area (Å²) in [7, 11) is 0. The second-order valence-electron chi connectivity index (χ2n) is 16.2. The van der Waals surface area contributed by atoms with Crippen molar-refractivity contribution in [3.8, 4) is 0 Å². The first-order valence-corrected chi connectivity index (χ1v) is 24.7. The SMILES string of the molecule is CC/C=C\C/C=C\C/C=C\C/C=C\C/C=C\CCCC(CC(=O)NC(CO)C(O)CCCCCCCCCCCC)OC(=O)CCCCCCC\C=C/C=C/C=C/C=C/CC. The van der Waals surface area contributed by atoms with Crippen LogP contribution in [0.3, 0.4) is 0 Å². The van der Waals surface area contributed by atoms with Crippen molar-refractivity contribution < 1.29 is 24.5 Å². The van der Waals surface area contributed by atoms with Crippen LogP contribution in [0, 0.1) is 0 Å². The van der Waals surface area contributed by atoms with Crippen molar-refractivity contribution in [1.29, 1.82) is 0 Å². The molecule has 0 heterocycles. The van der Waals surface area contributed by atoms with Crippen LogP contribution in [0.2, 0.25) is 0 Å². The summed E-state index contributed by atoms with van der Waals surface area (Å²) in [6.07, 6.45) is 64.3. The van der Waals surface area contributed by atoms with E-state index in [1.807, 2.05) is 18.2 Å². The van der Waals surface area contributed by atoms with Crippen LogP contribution in [0.25, 0.3) is 0 Å². The molecular weight excluding hydrogens is 755 g/mol. The smallest absolute Gasteiger partial charge is 0.306 e. The van der Waals surface area contributed by atoms with Gasteiger partial charge in [0.2, 0.25) is 5.91 Å². The van der Waals surface area contributed by atoms with E-state index in [1.165, 1.54) is 44.9 Å². The van der Waals surface area contributed by atoms with Gasteiger partial charge in [0.1, 0.15) is 6.10 Å². The molecule has 1 amide bonds. The molecule has 0 aliphatic heterocycles. The van der Waals surface area contributed by atoms with E-state index in [0.29, 0.717) is 19.3 Å². The van der Waals surface area contributed by atoms with Crippen molar-refractivity contribution in [2.45, 2.75) is 219 Å². The fraction of sp³-hybridized carbons (Fsp3) is 0.636. The number of rotatable bonds is 42. The summed E-state index contributed by atoms with van der Waals surface area (Å²) < 4.78 is 5.89. The standard InChI is InChI=1S/C55H91NO5/c1-4-7-10-13-16-19-22-24-26-27-29-30-32-34-37-40-43-46-51(61-55(60)48-45-42-39-36-33-31-28-25-23-20-17-14-11-8-5-2)49-54(59)56-52(50-57)53(58)47-44-41-38-35-21-18-15-12-9-6-3/h7-8,10-11,14,16-17,19-20,23-26,28-30,34,37,51-53,57-58H,4-6,9,12-13,15,18,21-22,27,31-33,35-36,38-50H2,1-3H3,(H,56,59)/b10-7-,11-8+,17-14+,19-16-,23-20+,26-24-,28-25-,30-29-,37-34-. The fourth-order valence-corrected chi connectivity index (χ4v) is 6.77. The van der Waals surface area contributed by atoms with Crippen LogP contribution in [0.5, 0.6) is 0 Å². The highest BCUT2D eigenvalue weighted by Crippen LogP contribution is 2.16. The topological polar surface area (TPSA) is 95.9 Å². The molecule has 0 aliphatic rings. The number of allylic oxidation sites excluding steroid dienone is 18. The van der Waals surface area contributed by atoms with Gasteiger partial charge in [0, 0.05) is 6.42 Å². The van der Waals surface area contributed by atoms with E-state index < -0.39 is 18.2 Å². The summed E-state index contributed by atoms with van der Waals surface area (Å²) in [6, 6.07) is -0.731. The van der Waals surface area contributed by atoms with Gasteiger partial charge >= 0.3 is 5.97 Å². The number of carbonyl (C=O) groups is 2.